The number of hydrogen-bond donors (Lipinski definition) is 0. The standard InChI is InChI=1S/C17H16F3NO2/c1-3-5-15(22)14-10-21(2)9-13(16(14)23)11-6-4-7-12(8-11)17(18,19)20/h4,6-10H,3,5H2,1-2H3. The number of benzene rings is 1. The van der Waals surface area contributed by atoms with Gasteiger partial charge in [-0.3, -0.25) is 9.59 Å². The molecular formula is C17H16F3NO2. The SMILES string of the molecule is CCCC(=O)c1cn(C)cc(-c2cccc(C(F)(F)F)c2)c1=O. The van der Waals surface area contributed by atoms with E-state index in [4.69, 9.17) is 0 Å². The van der Waals surface area contributed by atoms with E-state index in [1.807, 2.05) is 6.92 Å². The van der Waals surface area contributed by atoms with Crippen molar-refractivity contribution in [3.63, 3.8) is 0 Å². The Balaban J connectivity index is 2.61. The number of aryl methyl sites for hydroxylation is 1. The molecule has 6 heteroatoms. The Morgan fingerprint density at radius 2 is 1.91 bits per heavy atom. The Morgan fingerprint density at radius 1 is 1.22 bits per heavy atom. The second-order valence-electron chi connectivity index (χ2n) is 5.33. The Bertz CT molecular complexity index is 791. The molecule has 0 amide bonds. The smallest absolute Gasteiger partial charge is 0.356 e. The van der Waals surface area contributed by atoms with Gasteiger partial charge in [0, 0.05) is 31.4 Å². The Morgan fingerprint density at radius 3 is 2.52 bits per heavy atom. The molecule has 0 bridgehead atoms. The summed E-state index contributed by atoms with van der Waals surface area (Å²) < 4.78 is 40.0. The van der Waals surface area contributed by atoms with Crippen molar-refractivity contribution in [2.75, 3.05) is 0 Å². The van der Waals surface area contributed by atoms with Crippen LogP contribution in [-0.2, 0) is 13.2 Å². The maximum Gasteiger partial charge on any atom is 0.416 e. The van der Waals surface area contributed by atoms with E-state index < -0.39 is 17.2 Å². The number of hydrogen-bond acceptors (Lipinski definition) is 2. The van der Waals surface area contributed by atoms with Crippen LogP contribution in [-0.4, -0.2) is 10.4 Å². The van der Waals surface area contributed by atoms with Gasteiger partial charge in [0.15, 0.2) is 11.2 Å². The van der Waals surface area contributed by atoms with Gasteiger partial charge in [0.1, 0.15) is 0 Å². The van der Waals surface area contributed by atoms with Crippen LogP contribution in [0.4, 0.5) is 13.2 Å². The zero-order chi connectivity index (χ0) is 17.2. The molecule has 1 aromatic carbocycles. The van der Waals surface area contributed by atoms with E-state index >= 15 is 0 Å². The number of nitrogens with zero attached hydrogens (tertiary/aromatic N) is 1. The molecule has 23 heavy (non-hydrogen) atoms. The van der Waals surface area contributed by atoms with Crippen LogP contribution in [0.3, 0.4) is 0 Å². The van der Waals surface area contributed by atoms with Crippen molar-refractivity contribution in [1.29, 1.82) is 0 Å². The van der Waals surface area contributed by atoms with Crippen LogP contribution in [0.5, 0.6) is 0 Å². The van der Waals surface area contributed by atoms with Crippen LogP contribution in [0, 0.1) is 0 Å². The van der Waals surface area contributed by atoms with Crippen molar-refractivity contribution in [2.24, 2.45) is 7.05 Å². The summed E-state index contributed by atoms with van der Waals surface area (Å²) in [6.07, 6.45) is -0.827. The Hall–Kier alpha value is -2.37. The lowest BCUT2D eigenvalue weighted by atomic mass is 10.00. The first-order chi connectivity index (χ1) is 10.7. The molecule has 3 nitrogen and oxygen atoms in total. The number of ketones is 1. The van der Waals surface area contributed by atoms with Gasteiger partial charge in [-0.25, -0.2) is 0 Å². The monoisotopic (exact) mass is 323 g/mol. The summed E-state index contributed by atoms with van der Waals surface area (Å²) in [7, 11) is 1.62. The normalized spacial score (nSPS) is 11.5. The highest BCUT2D eigenvalue weighted by molar-refractivity contribution is 5.96. The molecule has 0 aliphatic carbocycles. The highest BCUT2D eigenvalue weighted by atomic mass is 19.4. The minimum atomic E-state index is -4.49. The molecule has 0 unspecified atom stereocenters. The van der Waals surface area contributed by atoms with Crippen molar-refractivity contribution in [1.82, 2.24) is 4.57 Å². The van der Waals surface area contributed by atoms with Crippen molar-refractivity contribution in [2.45, 2.75) is 25.9 Å². The molecule has 122 valence electrons. The lowest BCUT2D eigenvalue weighted by Gasteiger charge is -2.11. The highest BCUT2D eigenvalue weighted by Crippen LogP contribution is 2.31. The summed E-state index contributed by atoms with van der Waals surface area (Å²) in [5, 5.41) is 0. The number of halogens is 3. The molecule has 1 aromatic heterocycles. The van der Waals surface area contributed by atoms with Crippen LogP contribution < -0.4 is 5.43 Å². The summed E-state index contributed by atoms with van der Waals surface area (Å²) in [6, 6.07) is 4.54. The van der Waals surface area contributed by atoms with Crippen LogP contribution in [0.15, 0.2) is 41.5 Å². The van der Waals surface area contributed by atoms with E-state index in [-0.39, 0.29) is 28.9 Å². The van der Waals surface area contributed by atoms with Gasteiger partial charge in [-0.1, -0.05) is 19.1 Å². The van der Waals surface area contributed by atoms with Crippen LogP contribution in [0.1, 0.15) is 35.7 Å². The molecule has 0 N–H and O–H groups in total. The molecule has 0 aliphatic heterocycles. The Labute approximate surface area is 131 Å². The van der Waals surface area contributed by atoms with Gasteiger partial charge in [0.25, 0.3) is 0 Å². The van der Waals surface area contributed by atoms with Crippen molar-refractivity contribution in [3.8, 4) is 11.1 Å². The predicted octanol–water partition coefficient (Wildman–Crippen LogP) is 4.05. The fourth-order valence-electron chi connectivity index (χ4n) is 2.34. The third-order valence-corrected chi connectivity index (χ3v) is 3.43. The quantitative estimate of drug-likeness (QED) is 0.796. The minimum Gasteiger partial charge on any atom is -0.356 e. The molecule has 2 rings (SSSR count). The van der Waals surface area contributed by atoms with Crippen LogP contribution in [0.2, 0.25) is 0 Å². The summed E-state index contributed by atoms with van der Waals surface area (Å²) in [5.41, 5.74) is -1.14. The molecule has 0 saturated heterocycles. The number of aromatic nitrogens is 1. The maximum atomic E-state index is 12.8. The summed E-state index contributed by atoms with van der Waals surface area (Å²) in [5.74, 6) is -0.304. The topological polar surface area (TPSA) is 39.1 Å². The van der Waals surface area contributed by atoms with Gasteiger partial charge in [-0.15, -0.1) is 0 Å². The van der Waals surface area contributed by atoms with Gasteiger partial charge in [-0.05, 0) is 24.1 Å². The van der Waals surface area contributed by atoms with E-state index in [0.717, 1.165) is 12.1 Å². The van der Waals surface area contributed by atoms with Crippen LogP contribution >= 0.6 is 0 Å². The van der Waals surface area contributed by atoms with Gasteiger partial charge < -0.3 is 4.57 Å². The molecule has 0 fully saturated rings. The van der Waals surface area contributed by atoms with Crippen molar-refractivity contribution in [3.05, 3.63) is 58.0 Å². The van der Waals surface area contributed by atoms with Gasteiger partial charge in [0.2, 0.25) is 0 Å². The zero-order valence-corrected chi connectivity index (χ0v) is 12.8. The second-order valence-corrected chi connectivity index (χ2v) is 5.33. The van der Waals surface area contributed by atoms with E-state index in [9.17, 15) is 22.8 Å². The number of carbonyl (C=O) groups excluding carboxylic acids is 1. The van der Waals surface area contributed by atoms with Gasteiger partial charge >= 0.3 is 6.18 Å². The summed E-state index contributed by atoms with van der Waals surface area (Å²) >= 11 is 0. The second kappa shape index (κ2) is 6.40. The third kappa shape index (κ3) is 3.70. The summed E-state index contributed by atoms with van der Waals surface area (Å²) in [6.45, 7) is 1.82. The maximum absolute atomic E-state index is 12.8. The van der Waals surface area contributed by atoms with Crippen molar-refractivity contribution < 1.29 is 18.0 Å². The van der Waals surface area contributed by atoms with E-state index in [1.165, 1.54) is 29.1 Å². The lowest BCUT2D eigenvalue weighted by molar-refractivity contribution is -0.137. The lowest BCUT2D eigenvalue weighted by Crippen LogP contribution is -2.19. The fraction of sp³-hybridized carbons (Fsp3) is 0.294. The first-order valence-corrected chi connectivity index (χ1v) is 7.15. The number of pyridine rings is 1. The molecular weight excluding hydrogens is 307 g/mol. The molecule has 2 aromatic rings. The first-order valence-electron chi connectivity index (χ1n) is 7.15. The third-order valence-electron chi connectivity index (χ3n) is 3.43. The van der Waals surface area contributed by atoms with Gasteiger partial charge in [0.05, 0.1) is 11.1 Å². The number of rotatable bonds is 4. The highest BCUT2D eigenvalue weighted by Gasteiger charge is 2.30. The molecule has 1 heterocycles. The predicted molar refractivity (Wildman–Crippen MR) is 81.4 cm³/mol. The molecule has 0 saturated carbocycles. The molecule has 0 spiro atoms. The van der Waals surface area contributed by atoms with E-state index in [0.29, 0.717) is 6.42 Å². The molecule has 0 radical (unpaired) electrons. The summed E-state index contributed by atoms with van der Waals surface area (Å²) in [4.78, 5) is 24.5. The molecule has 0 atom stereocenters. The number of carbonyl (C=O) groups is 1. The number of Topliss-reactive ketones (excluding diaryl/α,β-unsaturated/α-hetero) is 1. The minimum absolute atomic E-state index is 0.00395. The largest absolute Gasteiger partial charge is 0.416 e. The fourth-order valence-corrected chi connectivity index (χ4v) is 2.34. The van der Waals surface area contributed by atoms with Gasteiger partial charge in [-0.2, -0.15) is 13.2 Å². The Kier molecular flexibility index (Phi) is 4.73. The zero-order valence-electron chi connectivity index (χ0n) is 12.8. The van der Waals surface area contributed by atoms with Crippen LogP contribution in [0.25, 0.3) is 11.1 Å². The van der Waals surface area contributed by atoms with Crippen molar-refractivity contribution >= 4 is 5.78 Å². The average Bonchev–Trinajstić information content (AvgIpc) is 2.48. The molecule has 0 aliphatic rings. The van der Waals surface area contributed by atoms with E-state index in [2.05, 4.69) is 0 Å². The number of alkyl halides is 3. The first kappa shape index (κ1) is 17.0. The average molecular weight is 323 g/mol. The van der Waals surface area contributed by atoms with E-state index in [1.54, 1.807) is 7.05 Å².